The van der Waals surface area contributed by atoms with Gasteiger partial charge in [0.25, 0.3) is 0 Å². The summed E-state index contributed by atoms with van der Waals surface area (Å²) in [5, 5.41) is 4.93. The molecule has 2 bridgehead atoms. The number of rotatable bonds is 2. The van der Waals surface area contributed by atoms with Gasteiger partial charge in [0.2, 0.25) is 10.0 Å². The Morgan fingerprint density at radius 3 is 2.04 bits per heavy atom. The van der Waals surface area contributed by atoms with Crippen LogP contribution in [0.5, 0.6) is 0 Å². The minimum absolute atomic E-state index is 0.263. The van der Waals surface area contributed by atoms with E-state index in [1.54, 1.807) is 4.90 Å². The quantitative estimate of drug-likeness (QED) is 0.802. The highest BCUT2D eigenvalue weighted by atomic mass is 32.2. The van der Waals surface area contributed by atoms with Gasteiger partial charge < -0.3 is 9.64 Å². The second-order valence-electron chi connectivity index (χ2n) is 8.05. The van der Waals surface area contributed by atoms with Crippen molar-refractivity contribution in [1.29, 1.82) is 0 Å². The lowest BCUT2D eigenvalue weighted by Gasteiger charge is -2.50. The predicted molar refractivity (Wildman–Crippen MR) is 86.4 cm³/mol. The Bertz CT molecular complexity index is 566. The van der Waals surface area contributed by atoms with Crippen LogP contribution in [0.15, 0.2) is 0 Å². The van der Waals surface area contributed by atoms with Crippen molar-refractivity contribution in [1.82, 2.24) is 9.80 Å². The first kappa shape index (κ1) is 17.0. The third-order valence-corrected chi connectivity index (χ3v) is 6.46. The number of likely N-dealkylation sites (tertiary alicyclic amines) is 1. The van der Waals surface area contributed by atoms with Crippen molar-refractivity contribution in [3.8, 4) is 0 Å². The zero-order chi connectivity index (χ0) is 17.0. The maximum absolute atomic E-state index is 12.0. The van der Waals surface area contributed by atoms with Gasteiger partial charge in [-0.2, -0.15) is 0 Å². The van der Waals surface area contributed by atoms with Gasteiger partial charge in [-0.05, 0) is 46.5 Å². The van der Waals surface area contributed by atoms with Crippen LogP contribution >= 0.6 is 0 Å². The van der Waals surface area contributed by atoms with E-state index in [1.807, 2.05) is 20.8 Å². The number of hydrogen-bond donors (Lipinski definition) is 1. The van der Waals surface area contributed by atoms with Gasteiger partial charge in [-0.1, -0.05) is 0 Å². The normalized spacial score (nSPS) is 32.7. The maximum Gasteiger partial charge on any atom is 0.410 e. The summed E-state index contributed by atoms with van der Waals surface area (Å²) in [5.74, 6) is 0. The highest BCUT2D eigenvalue weighted by Gasteiger charge is 2.50. The molecule has 23 heavy (non-hydrogen) atoms. The van der Waals surface area contributed by atoms with Crippen LogP contribution in [0.3, 0.4) is 0 Å². The summed E-state index contributed by atoms with van der Waals surface area (Å²) >= 11 is 0. The molecular weight excluding hydrogens is 318 g/mol. The number of nitrogens with zero attached hydrogens (tertiary/aromatic N) is 2. The van der Waals surface area contributed by atoms with Gasteiger partial charge in [0.15, 0.2) is 0 Å². The number of piperidine rings is 1. The number of hydrogen-bond acceptors (Lipinski definition) is 5. The second-order valence-corrected chi connectivity index (χ2v) is 9.90. The van der Waals surface area contributed by atoms with Crippen molar-refractivity contribution >= 4 is 16.1 Å². The Kier molecular flexibility index (Phi) is 4.13. The molecule has 7 nitrogen and oxygen atoms in total. The van der Waals surface area contributed by atoms with E-state index < -0.39 is 20.9 Å². The summed E-state index contributed by atoms with van der Waals surface area (Å²) in [6, 6.07) is 0.882. The number of sulfonamides is 1. The third kappa shape index (κ3) is 3.49. The Balaban J connectivity index is 1.56. The number of amides is 1. The second kappa shape index (κ2) is 5.60. The number of fused-ring (bicyclic) bond motifs is 2. The number of carbonyl (C=O) groups is 1. The molecule has 3 heterocycles. The van der Waals surface area contributed by atoms with E-state index in [0.29, 0.717) is 32.0 Å². The fourth-order valence-corrected chi connectivity index (χ4v) is 5.13. The van der Waals surface area contributed by atoms with Crippen LogP contribution in [-0.2, 0) is 14.8 Å². The van der Waals surface area contributed by atoms with Crippen LogP contribution in [0.4, 0.5) is 4.79 Å². The standard InChI is InChI=1S/C15H27N3O4S/c1-15(2,3)22-14(19)17-8-12(9-17)18-10-4-5-11(18)7-13(6-10)23(16,20)21/h10-13H,4-9H2,1-3H3,(H2,16,20,21)/t10-,11?,13?/m0/s1. The summed E-state index contributed by atoms with van der Waals surface area (Å²) in [6.07, 6.45) is 3.04. The van der Waals surface area contributed by atoms with E-state index in [2.05, 4.69) is 4.90 Å². The van der Waals surface area contributed by atoms with Gasteiger partial charge >= 0.3 is 6.09 Å². The lowest BCUT2D eigenvalue weighted by molar-refractivity contribution is -0.0339. The fraction of sp³-hybridized carbons (Fsp3) is 0.933. The molecule has 0 aromatic heterocycles. The van der Waals surface area contributed by atoms with Gasteiger partial charge in [-0.25, -0.2) is 18.4 Å². The maximum atomic E-state index is 12.0. The number of primary sulfonamides is 1. The van der Waals surface area contributed by atoms with Gasteiger partial charge in [-0.15, -0.1) is 0 Å². The molecular formula is C15H27N3O4S. The van der Waals surface area contributed by atoms with Crippen LogP contribution in [0.2, 0.25) is 0 Å². The average molecular weight is 345 g/mol. The zero-order valence-corrected chi connectivity index (χ0v) is 14.9. The summed E-state index contributed by atoms with van der Waals surface area (Å²) < 4.78 is 28.6. The molecule has 3 atom stereocenters. The number of nitrogens with two attached hydrogens (primary N) is 1. The van der Waals surface area contributed by atoms with Crippen molar-refractivity contribution in [2.75, 3.05) is 13.1 Å². The van der Waals surface area contributed by atoms with Crippen molar-refractivity contribution in [3.63, 3.8) is 0 Å². The molecule has 2 N–H and O–H groups in total. The molecule has 0 aromatic rings. The van der Waals surface area contributed by atoms with E-state index in [0.717, 1.165) is 12.8 Å². The van der Waals surface area contributed by atoms with Crippen LogP contribution in [0, 0.1) is 0 Å². The van der Waals surface area contributed by atoms with Gasteiger partial charge in [0.05, 0.1) is 5.25 Å². The molecule has 0 radical (unpaired) electrons. The van der Waals surface area contributed by atoms with Crippen molar-refractivity contribution in [2.45, 2.75) is 75.4 Å². The van der Waals surface area contributed by atoms with Crippen molar-refractivity contribution < 1.29 is 17.9 Å². The van der Waals surface area contributed by atoms with E-state index in [4.69, 9.17) is 9.88 Å². The van der Waals surface area contributed by atoms with Crippen LogP contribution in [-0.4, -0.2) is 66.4 Å². The Hall–Kier alpha value is -0.860. The summed E-state index contributed by atoms with van der Waals surface area (Å²) in [7, 11) is -3.45. The van der Waals surface area contributed by atoms with Crippen LogP contribution in [0.25, 0.3) is 0 Å². The molecule has 0 spiro atoms. The smallest absolute Gasteiger partial charge is 0.410 e. The molecule has 3 saturated heterocycles. The van der Waals surface area contributed by atoms with Crippen molar-refractivity contribution in [2.24, 2.45) is 5.14 Å². The van der Waals surface area contributed by atoms with E-state index in [-0.39, 0.29) is 18.2 Å². The Morgan fingerprint density at radius 1 is 1.09 bits per heavy atom. The topological polar surface area (TPSA) is 92.9 Å². The van der Waals surface area contributed by atoms with Crippen molar-refractivity contribution in [3.05, 3.63) is 0 Å². The number of carbonyl (C=O) groups excluding carboxylic acids is 1. The van der Waals surface area contributed by atoms with Gasteiger partial charge in [-0.3, -0.25) is 4.90 Å². The highest BCUT2D eigenvalue weighted by Crippen LogP contribution is 2.40. The minimum atomic E-state index is -3.45. The van der Waals surface area contributed by atoms with Crippen LogP contribution in [0.1, 0.15) is 46.5 Å². The molecule has 132 valence electrons. The predicted octanol–water partition coefficient (Wildman–Crippen LogP) is 0.890. The monoisotopic (exact) mass is 345 g/mol. The first-order chi connectivity index (χ1) is 10.5. The molecule has 0 aromatic carbocycles. The molecule has 3 fully saturated rings. The Morgan fingerprint density at radius 2 is 1.61 bits per heavy atom. The Labute approximate surface area is 138 Å². The fourth-order valence-electron chi connectivity index (χ4n) is 4.15. The molecule has 3 aliphatic heterocycles. The lowest BCUT2D eigenvalue weighted by atomic mass is 9.96. The van der Waals surface area contributed by atoms with Gasteiger partial charge in [0, 0.05) is 31.2 Å². The molecule has 2 unspecified atom stereocenters. The zero-order valence-electron chi connectivity index (χ0n) is 14.1. The largest absolute Gasteiger partial charge is 0.444 e. The third-order valence-electron chi connectivity index (χ3n) is 5.15. The molecule has 0 saturated carbocycles. The molecule has 3 aliphatic rings. The van der Waals surface area contributed by atoms with E-state index in [9.17, 15) is 13.2 Å². The lowest BCUT2D eigenvalue weighted by Crippen LogP contribution is -2.65. The summed E-state index contributed by atoms with van der Waals surface area (Å²) in [4.78, 5) is 16.2. The SMILES string of the molecule is CC(C)(C)OC(=O)N1CC(N2C3CC[C@H]2CC(S(N)(=O)=O)C3)C1. The summed E-state index contributed by atoms with van der Waals surface area (Å²) in [6.45, 7) is 6.92. The highest BCUT2D eigenvalue weighted by molar-refractivity contribution is 7.89. The van der Waals surface area contributed by atoms with Crippen LogP contribution < -0.4 is 5.14 Å². The van der Waals surface area contributed by atoms with E-state index >= 15 is 0 Å². The minimum Gasteiger partial charge on any atom is -0.444 e. The van der Waals surface area contributed by atoms with Gasteiger partial charge in [0.1, 0.15) is 5.60 Å². The summed E-state index contributed by atoms with van der Waals surface area (Å²) in [5.41, 5.74) is -0.477. The molecule has 0 aliphatic carbocycles. The molecule has 3 rings (SSSR count). The average Bonchev–Trinajstić information content (AvgIpc) is 2.56. The first-order valence-electron chi connectivity index (χ1n) is 8.31. The first-order valence-corrected chi connectivity index (χ1v) is 9.92. The van der Waals surface area contributed by atoms with E-state index in [1.165, 1.54) is 0 Å². The number of ether oxygens (including phenoxy) is 1. The molecule has 8 heteroatoms. The molecule has 1 amide bonds.